The van der Waals surface area contributed by atoms with Crippen LogP contribution in [0.15, 0.2) is 18.2 Å². The molecule has 0 aromatic heterocycles. The van der Waals surface area contributed by atoms with Crippen LogP contribution in [0.4, 0.5) is 11.4 Å². The molecule has 0 heterocycles. The molecule has 7 nitrogen and oxygen atoms in total. The van der Waals surface area contributed by atoms with Crippen molar-refractivity contribution in [2.75, 3.05) is 12.3 Å². The first kappa shape index (κ1) is 14.3. The van der Waals surface area contributed by atoms with E-state index in [1.54, 1.807) is 0 Å². The van der Waals surface area contributed by atoms with Crippen LogP contribution in [-0.2, 0) is 4.74 Å². The maximum Gasteiger partial charge on any atom is 0.282 e. The number of anilines is 1. The molecular weight excluding hydrogens is 262 g/mol. The lowest BCUT2D eigenvalue weighted by atomic mass is 9.89. The fourth-order valence-corrected chi connectivity index (χ4v) is 2.21. The number of nitrogens with zero attached hydrogens (tertiary/aromatic N) is 1. The summed E-state index contributed by atoms with van der Waals surface area (Å²) in [6, 6.07) is 3.98. The van der Waals surface area contributed by atoms with Crippen molar-refractivity contribution in [1.29, 1.82) is 0 Å². The Morgan fingerprint density at radius 3 is 2.85 bits per heavy atom. The summed E-state index contributed by atoms with van der Waals surface area (Å²) in [6.45, 7) is 2.56. The molecule has 0 saturated heterocycles. The van der Waals surface area contributed by atoms with Crippen molar-refractivity contribution in [3.63, 3.8) is 0 Å². The summed E-state index contributed by atoms with van der Waals surface area (Å²) in [5, 5.41) is 13.7. The van der Waals surface area contributed by atoms with Crippen LogP contribution < -0.4 is 11.1 Å². The van der Waals surface area contributed by atoms with Crippen LogP contribution in [0, 0.1) is 10.1 Å². The Morgan fingerprint density at radius 1 is 1.55 bits per heavy atom. The highest BCUT2D eigenvalue weighted by Crippen LogP contribution is 2.25. The highest BCUT2D eigenvalue weighted by Gasteiger charge is 2.32. The molecule has 3 N–H and O–H groups in total. The number of carbonyl (C=O) groups excluding carboxylic acids is 1. The zero-order valence-electron chi connectivity index (χ0n) is 11.2. The molecule has 0 atom stereocenters. The number of carbonyl (C=O) groups is 1. The van der Waals surface area contributed by atoms with E-state index in [4.69, 9.17) is 10.5 Å². The molecule has 0 bridgehead atoms. The van der Waals surface area contributed by atoms with Gasteiger partial charge >= 0.3 is 0 Å². The largest absolute Gasteiger partial charge is 0.399 e. The summed E-state index contributed by atoms with van der Waals surface area (Å²) in [6.07, 6.45) is 1.63. The van der Waals surface area contributed by atoms with E-state index < -0.39 is 10.8 Å². The highest BCUT2D eigenvalue weighted by atomic mass is 16.6. The monoisotopic (exact) mass is 279 g/mol. The van der Waals surface area contributed by atoms with Gasteiger partial charge in [0.15, 0.2) is 0 Å². The lowest BCUT2D eigenvalue weighted by Crippen LogP contribution is -2.47. The number of hydrogen-bond acceptors (Lipinski definition) is 5. The molecule has 0 unspecified atom stereocenters. The van der Waals surface area contributed by atoms with Gasteiger partial charge in [-0.1, -0.05) is 0 Å². The Balaban J connectivity index is 2.03. The zero-order chi connectivity index (χ0) is 14.7. The van der Waals surface area contributed by atoms with E-state index in [-0.39, 0.29) is 23.4 Å². The second kappa shape index (κ2) is 5.87. The van der Waals surface area contributed by atoms with Crippen LogP contribution in [0.25, 0.3) is 0 Å². The molecule has 1 fully saturated rings. The van der Waals surface area contributed by atoms with Crippen LogP contribution in [0.2, 0.25) is 0 Å². The quantitative estimate of drug-likeness (QED) is 0.482. The van der Waals surface area contributed by atoms with Crippen molar-refractivity contribution in [1.82, 2.24) is 5.32 Å². The van der Waals surface area contributed by atoms with Gasteiger partial charge in [-0.05, 0) is 31.9 Å². The number of benzene rings is 1. The predicted molar refractivity (Wildman–Crippen MR) is 73.4 cm³/mol. The third-order valence-corrected chi connectivity index (χ3v) is 3.29. The molecule has 1 amide bonds. The van der Waals surface area contributed by atoms with Gasteiger partial charge in [-0.3, -0.25) is 14.9 Å². The SMILES string of the molecule is CCOC1CC(NC(=O)c2cc(N)ccc2[N+](=O)[O-])C1. The lowest BCUT2D eigenvalue weighted by molar-refractivity contribution is -0.385. The fraction of sp³-hybridized carbons (Fsp3) is 0.462. The molecule has 1 aromatic rings. The van der Waals surface area contributed by atoms with Crippen LogP contribution in [0.1, 0.15) is 30.1 Å². The Hall–Kier alpha value is -2.15. The van der Waals surface area contributed by atoms with Crippen molar-refractivity contribution in [2.45, 2.75) is 31.9 Å². The molecule has 1 aliphatic carbocycles. The second-order valence-corrected chi connectivity index (χ2v) is 4.75. The standard InChI is InChI=1S/C13H17N3O4/c1-2-20-10-6-9(7-10)15-13(17)11-5-8(14)3-4-12(11)16(18)19/h3-5,9-10H,2,6-7,14H2,1H3,(H,15,17). The minimum atomic E-state index is -0.585. The molecule has 0 radical (unpaired) electrons. The van der Waals surface area contributed by atoms with Crippen molar-refractivity contribution >= 4 is 17.3 Å². The molecule has 2 rings (SSSR count). The van der Waals surface area contributed by atoms with Crippen LogP contribution in [0.3, 0.4) is 0 Å². The Labute approximate surface area is 116 Å². The van der Waals surface area contributed by atoms with Crippen LogP contribution in [0.5, 0.6) is 0 Å². The molecule has 1 saturated carbocycles. The van der Waals surface area contributed by atoms with Gasteiger partial charge in [-0.25, -0.2) is 0 Å². The number of nitrogen functional groups attached to an aromatic ring is 1. The van der Waals surface area contributed by atoms with E-state index in [9.17, 15) is 14.9 Å². The van der Waals surface area contributed by atoms with Gasteiger partial charge in [0, 0.05) is 24.4 Å². The number of hydrogen-bond donors (Lipinski definition) is 2. The number of ether oxygens (including phenoxy) is 1. The maximum atomic E-state index is 12.1. The summed E-state index contributed by atoms with van der Waals surface area (Å²) in [4.78, 5) is 22.4. The van der Waals surface area contributed by atoms with Gasteiger partial charge in [-0.2, -0.15) is 0 Å². The van der Waals surface area contributed by atoms with Crippen molar-refractivity contribution in [3.8, 4) is 0 Å². The van der Waals surface area contributed by atoms with Crippen LogP contribution >= 0.6 is 0 Å². The third kappa shape index (κ3) is 3.05. The average molecular weight is 279 g/mol. The van der Waals surface area contributed by atoms with Gasteiger partial charge in [0.25, 0.3) is 11.6 Å². The molecule has 0 aliphatic heterocycles. The average Bonchev–Trinajstić information content (AvgIpc) is 2.35. The first-order valence-electron chi connectivity index (χ1n) is 6.47. The summed E-state index contributed by atoms with van der Waals surface area (Å²) in [7, 11) is 0. The number of rotatable bonds is 5. The van der Waals surface area contributed by atoms with E-state index in [1.165, 1.54) is 18.2 Å². The normalized spacial score (nSPS) is 21.1. The van der Waals surface area contributed by atoms with Crippen molar-refractivity contribution < 1.29 is 14.5 Å². The van der Waals surface area contributed by atoms with E-state index in [2.05, 4.69) is 5.32 Å². The summed E-state index contributed by atoms with van der Waals surface area (Å²) in [5.41, 5.74) is 5.66. The smallest absolute Gasteiger partial charge is 0.282 e. The topological polar surface area (TPSA) is 107 Å². The lowest BCUT2D eigenvalue weighted by Gasteiger charge is -2.35. The molecule has 20 heavy (non-hydrogen) atoms. The molecule has 108 valence electrons. The minimum absolute atomic E-state index is 0.0000784. The number of amides is 1. The summed E-state index contributed by atoms with van der Waals surface area (Å²) in [5.74, 6) is -0.469. The van der Waals surface area contributed by atoms with Gasteiger partial charge < -0.3 is 15.8 Å². The molecule has 1 aromatic carbocycles. The maximum absolute atomic E-state index is 12.1. The number of nitrogens with two attached hydrogens (primary N) is 1. The fourth-order valence-electron chi connectivity index (χ4n) is 2.21. The van der Waals surface area contributed by atoms with Gasteiger partial charge in [0.2, 0.25) is 0 Å². The Kier molecular flexibility index (Phi) is 4.19. The molecular formula is C13H17N3O4. The number of nitro benzene ring substituents is 1. The van der Waals surface area contributed by atoms with Gasteiger partial charge in [0.05, 0.1) is 11.0 Å². The van der Waals surface area contributed by atoms with Gasteiger partial charge in [0.1, 0.15) is 5.56 Å². The van der Waals surface area contributed by atoms with E-state index in [0.717, 1.165) is 12.8 Å². The summed E-state index contributed by atoms with van der Waals surface area (Å²) < 4.78 is 5.40. The molecule has 7 heteroatoms. The number of nitrogens with one attached hydrogen (secondary N) is 1. The van der Waals surface area contributed by atoms with Crippen LogP contribution in [-0.4, -0.2) is 29.6 Å². The van der Waals surface area contributed by atoms with E-state index >= 15 is 0 Å². The van der Waals surface area contributed by atoms with Gasteiger partial charge in [-0.15, -0.1) is 0 Å². The first-order chi connectivity index (χ1) is 9.51. The number of nitro groups is 1. The Bertz CT molecular complexity index is 526. The molecule has 0 spiro atoms. The Morgan fingerprint density at radius 2 is 2.25 bits per heavy atom. The minimum Gasteiger partial charge on any atom is -0.399 e. The van der Waals surface area contributed by atoms with Crippen molar-refractivity contribution in [3.05, 3.63) is 33.9 Å². The van der Waals surface area contributed by atoms with E-state index in [1.807, 2.05) is 6.92 Å². The highest BCUT2D eigenvalue weighted by molar-refractivity contribution is 5.99. The summed E-state index contributed by atoms with van der Waals surface area (Å²) >= 11 is 0. The molecule has 1 aliphatic rings. The third-order valence-electron chi connectivity index (χ3n) is 3.29. The predicted octanol–water partition coefficient (Wildman–Crippen LogP) is 1.47. The van der Waals surface area contributed by atoms with E-state index in [0.29, 0.717) is 12.3 Å². The first-order valence-corrected chi connectivity index (χ1v) is 6.47. The zero-order valence-corrected chi connectivity index (χ0v) is 11.2. The van der Waals surface area contributed by atoms with Crippen molar-refractivity contribution in [2.24, 2.45) is 0 Å². The second-order valence-electron chi connectivity index (χ2n) is 4.75.